The monoisotopic (exact) mass is 272 g/mol. The van der Waals surface area contributed by atoms with Crippen LogP contribution in [0.25, 0.3) is 10.9 Å². The maximum absolute atomic E-state index is 3.57. The van der Waals surface area contributed by atoms with E-state index in [2.05, 4.69) is 64.0 Å². The van der Waals surface area contributed by atoms with Crippen LogP contribution in [0.1, 0.15) is 49.6 Å². The molecule has 0 saturated carbocycles. The molecule has 0 fully saturated rings. The molecule has 0 atom stereocenters. The van der Waals surface area contributed by atoms with Gasteiger partial charge in [0.25, 0.3) is 0 Å². The summed E-state index contributed by atoms with van der Waals surface area (Å²) in [6.45, 7) is 14.3. The Morgan fingerprint density at radius 3 is 2.45 bits per heavy atom. The zero-order valence-electron chi connectivity index (χ0n) is 13.8. The van der Waals surface area contributed by atoms with Crippen molar-refractivity contribution in [3.63, 3.8) is 0 Å². The number of hydrogen-bond acceptors (Lipinski definition) is 1. The Bertz CT molecular complexity index is 600. The van der Waals surface area contributed by atoms with Crippen LogP contribution < -0.4 is 5.32 Å². The lowest BCUT2D eigenvalue weighted by Crippen LogP contribution is -2.36. The van der Waals surface area contributed by atoms with Crippen molar-refractivity contribution in [3.8, 4) is 0 Å². The summed E-state index contributed by atoms with van der Waals surface area (Å²) in [5, 5.41) is 5.00. The van der Waals surface area contributed by atoms with E-state index in [1.807, 2.05) is 0 Å². The van der Waals surface area contributed by atoms with Gasteiger partial charge in [-0.05, 0) is 83.7 Å². The maximum atomic E-state index is 3.57. The van der Waals surface area contributed by atoms with Gasteiger partial charge in [0.15, 0.2) is 0 Å². The summed E-state index contributed by atoms with van der Waals surface area (Å²) in [5.74, 6) is 0. The van der Waals surface area contributed by atoms with Gasteiger partial charge in [-0.2, -0.15) is 0 Å². The number of aryl methyl sites for hydroxylation is 4. The molecular weight excluding hydrogens is 244 g/mol. The van der Waals surface area contributed by atoms with Gasteiger partial charge in [-0.1, -0.05) is 6.07 Å². The number of nitrogens with one attached hydrogen (secondary N) is 2. The summed E-state index contributed by atoms with van der Waals surface area (Å²) in [6, 6.07) is 4.54. The molecule has 110 valence electrons. The highest BCUT2D eigenvalue weighted by Gasteiger charge is 2.12. The minimum atomic E-state index is 0.211. The lowest BCUT2D eigenvalue weighted by molar-refractivity contribution is 0.422. The Kier molecular flexibility index (Phi) is 4.24. The van der Waals surface area contributed by atoms with Crippen LogP contribution >= 0.6 is 0 Å². The highest BCUT2D eigenvalue weighted by molar-refractivity contribution is 5.88. The fourth-order valence-electron chi connectivity index (χ4n) is 2.97. The molecule has 0 aliphatic rings. The van der Waals surface area contributed by atoms with Gasteiger partial charge in [-0.15, -0.1) is 0 Å². The standard InChI is InChI=1S/C18H28N2/c1-12-10-13(2)17-15(14(3)20-16(17)11-12)8-7-9-19-18(4,5)6/h10-11,19-20H,7-9H2,1-6H3. The lowest BCUT2D eigenvalue weighted by atomic mass is 10.00. The number of aromatic amines is 1. The SMILES string of the molecule is Cc1cc(C)c2c(CCCNC(C)(C)C)c(C)[nH]c2c1. The van der Waals surface area contributed by atoms with E-state index in [0.29, 0.717) is 0 Å². The highest BCUT2D eigenvalue weighted by Crippen LogP contribution is 2.27. The fourth-order valence-corrected chi connectivity index (χ4v) is 2.97. The van der Waals surface area contributed by atoms with Crippen molar-refractivity contribution in [2.75, 3.05) is 6.54 Å². The summed E-state index contributed by atoms with van der Waals surface area (Å²) < 4.78 is 0. The van der Waals surface area contributed by atoms with Gasteiger partial charge in [0.05, 0.1) is 0 Å². The molecule has 2 N–H and O–H groups in total. The molecule has 2 nitrogen and oxygen atoms in total. The summed E-state index contributed by atoms with van der Waals surface area (Å²) in [7, 11) is 0. The number of rotatable bonds is 4. The number of H-pyrrole nitrogens is 1. The second kappa shape index (κ2) is 5.61. The van der Waals surface area contributed by atoms with E-state index in [-0.39, 0.29) is 5.54 Å². The van der Waals surface area contributed by atoms with E-state index in [1.165, 1.54) is 39.7 Å². The third kappa shape index (κ3) is 3.43. The van der Waals surface area contributed by atoms with Gasteiger partial charge in [-0.3, -0.25) is 0 Å². The first-order valence-corrected chi connectivity index (χ1v) is 7.61. The number of hydrogen-bond donors (Lipinski definition) is 2. The number of fused-ring (bicyclic) bond motifs is 1. The molecule has 0 radical (unpaired) electrons. The molecule has 1 aromatic heterocycles. The molecule has 1 aromatic carbocycles. The molecule has 0 unspecified atom stereocenters. The van der Waals surface area contributed by atoms with Crippen molar-refractivity contribution in [2.24, 2.45) is 0 Å². The van der Waals surface area contributed by atoms with Gasteiger partial charge >= 0.3 is 0 Å². The highest BCUT2D eigenvalue weighted by atomic mass is 14.9. The molecule has 0 amide bonds. The van der Waals surface area contributed by atoms with Crippen LogP contribution in [-0.4, -0.2) is 17.1 Å². The largest absolute Gasteiger partial charge is 0.358 e. The van der Waals surface area contributed by atoms with Gasteiger partial charge in [0.1, 0.15) is 0 Å². The van der Waals surface area contributed by atoms with E-state index in [0.717, 1.165) is 13.0 Å². The summed E-state index contributed by atoms with van der Waals surface area (Å²) in [4.78, 5) is 3.55. The van der Waals surface area contributed by atoms with Crippen molar-refractivity contribution in [3.05, 3.63) is 34.5 Å². The lowest BCUT2D eigenvalue weighted by Gasteiger charge is -2.20. The minimum absolute atomic E-state index is 0.211. The van der Waals surface area contributed by atoms with E-state index >= 15 is 0 Å². The van der Waals surface area contributed by atoms with Gasteiger partial charge in [-0.25, -0.2) is 0 Å². The first-order chi connectivity index (χ1) is 9.28. The maximum Gasteiger partial charge on any atom is 0.0464 e. The van der Waals surface area contributed by atoms with Crippen LogP contribution in [0.4, 0.5) is 0 Å². The Morgan fingerprint density at radius 2 is 1.80 bits per heavy atom. The molecule has 0 aliphatic carbocycles. The van der Waals surface area contributed by atoms with Gasteiger partial charge in [0.2, 0.25) is 0 Å². The second-order valence-corrected chi connectivity index (χ2v) is 7.01. The number of benzene rings is 1. The summed E-state index contributed by atoms with van der Waals surface area (Å²) in [6.07, 6.45) is 2.32. The first kappa shape index (κ1) is 15.1. The molecule has 20 heavy (non-hydrogen) atoms. The molecule has 2 heteroatoms. The normalized spacial score (nSPS) is 12.3. The Morgan fingerprint density at radius 1 is 1.10 bits per heavy atom. The van der Waals surface area contributed by atoms with Crippen molar-refractivity contribution >= 4 is 10.9 Å². The smallest absolute Gasteiger partial charge is 0.0464 e. The average molecular weight is 272 g/mol. The van der Waals surface area contributed by atoms with Gasteiger partial charge in [0, 0.05) is 22.1 Å². The van der Waals surface area contributed by atoms with Crippen LogP contribution in [0.5, 0.6) is 0 Å². The molecule has 2 aromatic rings. The topological polar surface area (TPSA) is 27.8 Å². The molecule has 2 rings (SSSR count). The zero-order valence-corrected chi connectivity index (χ0v) is 13.8. The third-order valence-corrected chi connectivity index (χ3v) is 3.82. The van der Waals surface area contributed by atoms with E-state index < -0.39 is 0 Å². The van der Waals surface area contributed by atoms with E-state index in [1.54, 1.807) is 0 Å². The van der Waals surface area contributed by atoms with Gasteiger partial charge < -0.3 is 10.3 Å². The van der Waals surface area contributed by atoms with Crippen LogP contribution in [0.2, 0.25) is 0 Å². The van der Waals surface area contributed by atoms with E-state index in [4.69, 9.17) is 0 Å². The van der Waals surface area contributed by atoms with Crippen LogP contribution in [0, 0.1) is 20.8 Å². The van der Waals surface area contributed by atoms with Crippen LogP contribution in [0.3, 0.4) is 0 Å². The predicted molar refractivity (Wildman–Crippen MR) is 88.6 cm³/mol. The average Bonchev–Trinajstić information content (AvgIpc) is 2.59. The predicted octanol–water partition coefficient (Wildman–Crippen LogP) is 4.41. The molecule has 1 heterocycles. The first-order valence-electron chi connectivity index (χ1n) is 7.61. The zero-order chi connectivity index (χ0) is 14.9. The third-order valence-electron chi connectivity index (χ3n) is 3.82. The summed E-state index contributed by atoms with van der Waals surface area (Å²) in [5.41, 5.74) is 7.04. The minimum Gasteiger partial charge on any atom is -0.358 e. The quantitative estimate of drug-likeness (QED) is 0.793. The summed E-state index contributed by atoms with van der Waals surface area (Å²) >= 11 is 0. The molecular formula is C18H28N2. The van der Waals surface area contributed by atoms with Crippen LogP contribution in [-0.2, 0) is 6.42 Å². The van der Waals surface area contributed by atoms with Crippen molar-refractivity contribution < 1.29 is 0 Å². The Hall–Kier alpha value is -1.28. The Balaban J connectivity index is 2.16. The molecule has 0 saturated heterocycles. The molecule has 0 spiro atoms. The van der Waals surface area contributed by atoms with Crippen molar-refractivity contribution in [1.82, 2.24) is 10.3 Å². The van der Waals surface area contributed by atoms with Crippen LogP contribution in [0.15, 0.2) is 12.1 Å². The fraction of sp³-hybridized carbons (Fsp3) is 0.556. The molecule has 0 bridgehead atoms. The van der Waals surface area contributed by atoms with Crippen molar-refractivity contribution in [1.29, 1.82) is 0 Å². The number of aromatic nitrogens is 1. The second-order valence-electron chi connectivity index (χ2n) is 7.01. The van der Waals surface area contributed by atoms with Crippen molar-refractivity contribution in [2.45, 2.75) is 59.9 Å². The Labute approximate surface area is 123 Å². The van der Waals surface area contributed by atoms with E-state index in [9.17, 15) is 0 Å². The molecule has 0 aliphatic heterocycles.